The number of rotatable bonds is 24. The van der Waals surface area contributed by atoms with Crippen molar-refractivity contribution < 1.29 is 61.8 Å². The zero-order valence-corrected chi connectivity index (χ0v) is 38.4. The third kappa shape index (κ3) is 16.2. The maximum absolute atomic E-state index is 15.3. The SMILES string of the molecule is CC(=O)NCC(=O)NCC(=O)N[C@@H](CC(N)=O)C(=O)N[C@@H](CCN(C(=O)CO)[C@@H](c1cc(-c2cc(F)ccc2F)cn1Cc1ccccc1)C(C)(C)C)C(=O)NCCNC(=O)CN1C(=O)C=CC1=O. The summed E-state index contributed by atoms with van der Waals surface area (Å²) < 4.78 is 31.6. The van der Waals surface area contributed by atoms with Gasteiger partial charge in [-0.2, -0.15) is 0 Å². The van der Waals surface area contributed by atoms with Crippen LogP contribution in [0.1, 0.15) is 57.8 Å². The smallest absolute Gasteiger partial charge is 0.254 e. The van der Waals surface area contributed by atoms with Crippen molar-refractivity contribution in [2.45, 2.75) is 65.2 Å². The molecule has 10 amide bonds. The molecule has 23 heteroatoms. The van der Waals surface area contributed by atoms with E-state index in [9.17, 15) is 57.4 Å². The first-order valence-electron chi connectivity index (χ1n) is 21.6. The molecule has 0 saturated heterocycles. The number of carbonyl (C=O) groups excluding carboxylic acids is 10. The van der Waals surface area contributed by atoms with Gasteiger partial charge in [-0.15, -0.1) is 0 Å². The van der Waals surface area contributed by atoms with Gasteiger partial charge in [-0.1, -0.05) is 51.1 Å². The molecule has 1 aliphatic rings. The second kappa shape index (κ2) is 24.8. The van der Waals surface area contributed by atoms with Gasteiger partial charge in [0.2, 0.25) is 47.3 Å². The zero-order chi connectivity index (χ0) is 51.0. The van der Waals surface area contributed by atoms with Crippen molar-refractivity contribution in [2.24, 2.45) is 11.1 Å². The molecule has 0 radical (unpaired) electrons. The number of nitrogens with zero attached hydrogens (tertiary/aromatic N) is 3. The molecule has 2 heterocycles. The van der Waals surface area contributed by atoms with Crippen molar-refractivity contribution in [3.63, 3.8) is 0 Å². The van der Waals surface area contributed by atoms with Crippen LogP contribution in [0.2, 0.25) is 0 Å². The maximum Gasteiger partial charge on any atom is 0.254 e. The van der Waals surface area contributed by atoms with Gasteiger partial charge in [-0.3, -0.25) is 52.8 Å². The summed E-state index contributed by atoms with van der Waals surface area (Å²) in [4.78, 5) is 128. The molecule has 0 fully saturated rings. The van der Waals surface area contributed by atoms with Crippen molar-refractivity contribution in [3.8, 4) is 11.1 Å². The lowest BCUT2D eigenvalue weighted by atomic mass is 9.82. The van der Waals surface area contributed by atoms with Gasteiger partial charge in [0.25, 0.3) is 11.8 Å². The van der Waals surface area contributed by atoms with Crippen LogP contribution in [-0.2, 0) is 54.5 Å². The molecule has 0 saturated carbocycles. The summed E-state index contributed by atoms with van der Waals surface area (Å²) >= 11 is 0. The fourth-order valence-corrected chi connectivity index (χ4v) is 7.31. The Morgan fingerprint density at radius 3 is 2.06 bits per heavy atom. The van der Waals surface area contributed by atoms with Crippen LogP contribution in [0.15, 0.2) is 72.9 Å². The second-order valence-corrected chi connectivity index (χ2v) is 17.0. The molecule has 2 aromatic carbocycles. The first-order valence-corrected chi connectivity index (χ1v) is 21.6. The highest BCUT2D eigenvalue weighted by Gasteiger charge is 2.38. The average molecular weight is 963 g/mol. The van der Waals surface area contributed by atoms with Crippen LogP contribution in [0, 0.1) is 17.0 Å². The minimum Gasteiger partial charge on any atom is -0.387 e. The minimum absolute atomic E-state index is 0.0635. The van der Waals surface area contributed by atoms with E-state index < -0.39 is 133 Å². The molecule has 3 aromatic rings. The Bertz CT molecular complexity index is 2440. The Hall–Kier alpha value is -7.82. The van der Waals surface area contributed by atoms with E-state index >= 15 is 4.39 Å². The lowest BCUT2D eigenvalue weighted by Gasteiger charge is -2.41. The summed E-state index contributed by atoms with van der Waals surface area (Å²) in [7, 11) is 0. The van der Waals surface area contributed by atoms with Crippen LogP contribution in [-0.4, -0.2) is 137 Å². The van der Waals surface area contributed by atoms with E-state index in [0.29, 0.717) is 10.6 Å². The summed E-state index contributed by atoms with van der Waals surface area (Å²) in [5.74, 6) is -9.59. The topological polar surface area (TPSA) is 301 Å². The number of nitrogens with one attached hydrogen (secondary N) is 6. The molecule has 370 valence electrons. The molecule has 69 heavy (non-hydrogen) atoms. The quantitative estimate of drug-likeness (QED) is 0.0399. The third-order valence-corrected chi connectivity index (χ3v) is 10.5. The summed E-state index contributed by atoms with van der Waals surface area (Å²) in [6.07, 6.45) is 2.45. The maximum atomic E-state index is 15.3. The standard InChI is InChI=1S/C46H56F2N10O11/c1-27(60)52-21-37(62)53-22-38(63)54-34(20-36(49)61)45(69)55-33(44(68)51-16-15-50-39(64)25-58-40(65)12-13-41(58)66)14-17-57(42(67)26-59)43(46(2,3)4)35-18-29(31-19-30(47)10-11-32(31)48)24-56(35)23-28-8-6-5-7-9-28/h5-13,18-19,24,33-34,43,59H,14-17,20-23,25-26H2,1-4H3,(H2,49,61)(H,50,64)(H,51,68)(H,52,60)(H,53,62)(H,54,63)(H,55,69)/t33-,34-,43-/m0/s1. The molecule has 0 bridgehead atoms. The Balaban J connectivity index is 1.66. The molecule has 0 unspecified atom stereocenters. The van der Waals surface area contributed by atoms with Gasteiger partial charge in [-0.25, -0.2) is 8.78 Å². The van der Waals surface area contributed by atoms with Gasteiger partial charge in [0.1, 0.15) is 36.9 Å². The fraction of sp³-hybridized carbons (Fsp3) is 0.391. The molecular formula is C46H56F2N10O11. The number of amides is 10. The molecule has 1 aromatic heterocycles. The van der Waals surface area contributed by atoms with Gasteiger partial charge < -0.3 is 52.2 Å². The number of hydrogen-bond acceptors (Lipinski definition) is 11. The van der Waals surface area contributed by atoms with E-state index in [2.05, 4.69) is 31.9 Å². The molecule has 4 rings (SSSR count). The van der Waals surface area contributed by atoms with Gasteiger partial charge >= 0.3 is 0 Å². The van der Waals surface area contributed by atoms with E-state index in [0.717, 1.165) is 35.9 Å². The number of aromatic nitrogens is 1. The summed E-state index contributed by atoms with van der Waals surface area (Å²) in [5, 5.41) is 24.6. The monoisotopic (exact) mass is 962 g/mol. The Morgan fingerprint density at radius 1 is 0.783 bits per heavy atom. The lowest BCUT2D eigenvalue weighted by Crippen LogP contribution is -2.57. The van der Waals surface area contributed by atoms with Gasteiger partial charge in [0.05, 0.1) is 25.6 Å². The van der Waals surface area contributed by atoms with E-state index in [1.807, 2.05) is 30.3 Å². The molecular weight excluding hydrogens is 907 g/mol. The molecule has 9 N–H and O–H groups in total. The van der Waals surface area contributed by atoms with Crippen molar-refractivity contribution in [3.05, 3.63) is 95.8 Å². The average Bonchev–Trinajstić information content (AvgIpc) is 3.84. The van der Waals surface area contributed by atoms with Crippen molar-refractivity contribution in [2.75, 3.05) is 45.9 Å². The Morgan fingerprint density at radius 2 is 1.43 bits per heavy atom. The normalized spacial score (nSPS) is 13.5. The number of nitrogens with two attached hydrogens (primary N) is 1. The number of carbonyl (C=O) groups is 10. The van der Waals surface area contributed by atoms with E-state index in [4.69, 9.17) is 5.73 Å². The van der Waals surface area contributed by atoms with Crippen LogP contribution < -0.4 is 37.6 Å². The van der Waals surface area contributed by atoms with Crippen molar-refractivity contribution in [1.29, 1.82) is 0 Å². The van der Waals surface area contributed by atoms with E-state index in [1.54, 1.807) is 37.6 Å². The Kier molecular flexibility index (Phi) is 19.3. The minimum atomic E-state index is -1.71. The summed E-state index contributed by atoms with van der Waals surface area (Å²) in [6.45, 7) is 3.13. The second-order valence-electron chi connectivity index (χ2n) is 17.0. The van der Waals surface area contributed by atoms with Crippen LogP contribution in [0.4, 0.5) is 8.78 Å². The number of aliphatic hydroxyl groups excluding tert-OH is 1. The van der Waals surface area contributed by atoms with Crippen LogP contribution in [0.25, 0.3) is 11.1 Å². The number of imide groups is 1. The van der Waals surface area contributed by atoms with Crippen molar-refractivity contribution >= 4 is 59.1 Å². The number of benzene rings is 2. The molecule has 21 nitrogen and oxygen atoms in total. The summed E-state index contributed by atoms with van der Waals surface area (Å²) in [6, 6.07) is 9.47. The first-order chi connectivity index (χ1) is 32.6. The highest BCUT2D eigenvalue weighted by Crippen LogP contribution is 2.41. The van der Waals surface area contributed by atoms with E-state index in [1.165, 1.54) is 11.8 Å². The van der Waals surface area contributed by atoms with Crippen LogP contribution in [0.5, 0.6) is 0 Å². The lowest BCUT2D eigenvalue weighted by molar-refractivity contribution is -0.141. The highest BCUT2D eigenvalue weighted by molar-refractivity contribution is 6.14. The number of hydrogen-bond donors (Lipinski definition) is 8. The van der Waals surface area contributed by atoms with Gasteiger partial charge in [-0.05, 0) is 41.7 Å². The number of halogens is 2. The molecule has 3 atom stereocenters. The zero-order valence-electron chi connectivity index (χ0n) is 38.4. The molecule has 1 aliphatic heterocycles. The van der Waals surface area contributed by atoms with Crippen LogP contribution in [0.3, 0.4) is 0 Å². The van der Waals surface area contributed by atoms with Crippen LogP contribution >= 0.6 is 0 Å². The third-order valence-electron chi connectivity index (χ3n) is 10.5. The van der Waals surface area contributed by atoms with Gasteiger partial charge in [0, 0.05) is 68.3 Å². The van der Waals surface area contributed by atoms with Gasteiger partial charge in [0.15, 0.2) is 0 Å². The van der Waals surface area contributed by atoms with Crippen molar-refractivity contribution in [1.82, 2.24) is 46.3 Å². The predicted molar refractivity (Wildman–Crippen MR) is 242 cm³/mol. The van der Waals surface area contributed by atoms with E-state index in [-0.39, 0.29) is 37.3 Å². The Labute approximate surface area is 395 Å². The molecule has 0 aliphatic carbocycles. The first kappa shape index (κ1) is 53.8. The number of primary amides is 1. The summed E-state index contributed by atoms with van der Waals surface area (Å²) in [5.41, 5.74) is 5.96. The fourth-order valence-electron chi connectivity index (χ4n) is 7.31. The molecule has 0 spiro atoms. The largest absolute Gasteiger partial charge is 0.387 e. The number of aliphatic hydroxyl groups is 1. The highest BCUT2D eigenvalue weighted by atomic mass is 19.1. The predicted octanol–water partition coefficient (Wildman–Crippen LogP) is -0.965.